The summed E-state index contributed by atoms with van der Waals surface area (Å²) in [6.45, 7) is 9.53. The number of esters is 1. The number of methoxy groups -OCH3 is 1. The molecule has 1 saturated carbocycles. The summed E-state index contributed by atoms with van der Waals surface area (Å²) >= 11 is 0. The molecule has 3 fully saturated rings. The molecule has 2 aliphatic heterocycles. The quantitative estimate of drug-likeness (QED) is 0.434. The highest BCUT2D eigenvalue weighted by molar-refractivity contribution is 5.82. The Bertz CT molecular complexity index is 542. The third-order valence-corrected chi connectivity index (χ3v) is 6.83. The van der Waals surface area contributed by atoms with Crippen LogP contribution in [-0.2, 0) is 14.3 Å². The molecule has 2 heterocycles. The van der Waals surface area contributed by atoms with E-state index in [4.69, 9.17) is 9.47 Å². The molecule has 2 saturated heterocycles. The number of guanidine groups is 1. The monoisotopic (exact) mass is 394 g/mol. The summed E-state index contributed by atoms with van der Waals surface area (Å²) in [4.78, 5) is 21.4. The molecule has 0 aromatic rings. The van der Waals surface area contributed by atoms with Gasteiger partial charge in [0.1, 0.15) is 0 Å². The fraction of sp³-hybridized carbons (Fsp3) is 0.905. The van der Waals surface area contributed by atoms with E-state index in [0.717, 1.165) is 51.9 Å². The van der Waals surface area contributed by atoms with Gasteiger partial charge in [0.15, 0.2) is 5.96 Å². The first-order valence-corrected chi connectivity index (χ1v) is 10.9. The van der Waals surface area contributed by atoms with E-state index in [1.807, 2.05) is 7.05 Å². The van der Waals surface area contributed by atoms with Crippen LogP contribution in [0.2, 0.25) is 0 Å². The van der Waals surface area contributed by atoms with Crippen molar-refractivity contribution < 1.29 is 14.3 Å². The maximum atomic E-state index is 12.0. The number of carbonyl (C=O) groups is 1. The number of hydrogen-bond acceptors (Lipinski definition) is 5. The second-order valence-corrected chi connectivity index (χ2v) is 8.86. The van der Waals surface area contributed by atoms with Crippen molar-refractivity contribution in [3.63, 3.8) is 0 Å². The lowest BCUT2D eigenvalue weighted by Gasteiger charge is -2.43. The Labute approximate surface area is 169 Å². The highest BCUT2D eigenvalue weighted by Gasteiger charge is 2.38. The van der Waals surface area contributed by atoms with Crippen LogP contribution in [0.4, 0.5) is 0 Å². The zero-order valence-corrected chi connectivity index (χ0v) is 17.9. The molecular weight excluding hydrogens is 356 g/mol. The summed E-state index contributed by atoms with van der Waals surface area (Å²) in [6.07, 6.45) is 6.53. The smallest absolute Gasteiger partial charge is 0.310 e. The molecule has 160 valence electrons. The molecule has 1 aliphatic carbocycles. The molecule has 0 aromatic carbocycles. The minimum Gasteiger partial charge on any atom is -0.469 e. The van der Waals surface area contributed by atoms with E-state index >= 15 is 0 Å². The highest BCUT2D eigenvalue weighted by Crippen LogP contribution is 2.37. The molecule has 7 heteroatoms. The van der Waals surface area contributed by atoms with Gasteiger partial charge in [-0.3, -0.25) is 14.7 Å². The predicted octanol–water partition coefficient (Wildman–Crippen LogP) is 1.59. The minimum atomic E-state index is -0.110. The third kappa shape index (κ3) is 5.17. The van der Waals surface area contributed by atoms with Crippen LogP contribution in [0.25, 0.3) is 0 Å². The fourth-order valence-electron chi connectivity index (χ4n) is 5.12. The standard InChI is InChI=1S/C21H38N4O3/c1-17-13-25(14-18(17)19(26)27-3)20(22-2)23-15-21(7-5-4-6-8-21)16-24-9-11-28-12-10-24/h17-18H,4-16H2,1-3H3,(H,22,23). The summed E-state index contributed by atoms with van der Waals surface area (Å²) in [5.41, 5.74) is 0.304. The second-order valence-electron chi connectivity index (χ2n) is 8.86. The maximum absolute atomic E-state index is 12.0. The lowest BCUT2D eigenvalue weighted by Crippen LogP contribution is -2.51. The molecule has 7 nitrogen and oxygen atoms in total. The van der Waals surface area contributed by atoms with Crippen LogP contribution in [0.1, 0.15) is 39.0 Å². The Morgan fingerprint density at radius 2 is 1.93 bits per heavy atom. The molecule has 3 aliphatic rings. The van der Waals surface area contributed by atoms with Gasteiger partial charge >= 0.3 is 5.97 Å². The lowest BCUT2D eigenvalue weighted by molar-refractivity contribution is -0.145. The highest BCUT2D eigenvalue weighted by atomic mass is 16.5. The summed E-state index contributed by atoms with van der Waals surface area (Å²) < 4.78 is 10.5. The van der Waals surface area contributed by atoms with Gasteiger partial charge in [0.2, 0.25) is 0 Å². The van der Waals surface area contributed by atoms with Crippen molar-refractivity contribution in [1.82, 2.24) is 15.1 Å². The van der Waals surface area contributed by atoms with Crippen LogP contribution in [0, 0.1) is 17.3 Å². The first-order valence-electron chi connectivity index (χ1n) is 10.9. The van der Waals surface area contributed by atoms with E-state index in [9.17, 15) is 4.79 Å². The largest absolute Gasteiger partial charge is 0.469 e. The average molecular weight is 395 g/mol. The van der Waals surface area contributed by atoms with Crippen molar-refractivity contribution in [2.24, 2.45) is 22.2 Å². The zero-order valence-electron chi connectivity index (χ0n) is 17.9. The molecule has 0 aromatic heterocycles. The Morgan fingerprint density at radius 1 is 1.21 bits per heavy atom. The number of nitrogens with zero attached hydrogens (tertiary/aromatic N) is 3. The average Bonchev–Trinajstić information content (AvgIpc) is 3.11. The van der Waals surface area contributed by atoms with Crippen molar-refractivity contribution >= 4 is 11.9 Å². The van der Waals surface area contributed by atoms with Gasteiger partial charge in [-0.1, -0.05) is 26.2 Å². The van der Waals surface area contributed by atoms with Gasteiger partial charge in [0.25, 0.3) is 0 Å². The topological polar surface area (TPSA) is 66.4 Å². The van der Waals surface area contributed by atoms with Gasteiger partial charge in [-0.2, -0.15) is 0 Å². The SMILES string of the molecule is CN=C(NCC1(CN2CCOCC2)CCCCC1)N1CC(C)C(C(=O)OC)C1. The minimum absolute atomic E-state index is 0.0689. The zero-order chi connectivity index (χ0) is 20.0. The summed E-state index contributed by atoms with van der Waals surface area (Å²) in [7, 11) is 3.32. The third-order valence-electron chi connectivity index (χ3n) is 6.83. The van der Waals surface area contributed by atoms with Gasteiger partial charge < -0.3 is 19.7 Å². The predicted molar refractivity (Wildman–Crippen MR) is 110 cm³/mol. The van der Waals surface area contributed by atoms with Gasteiger partial charge in [0.05, 0.1) is 26.2 Å². The Morgan fingerprint density at radius 3 is 2.57 bits per heavy atom. The normalized spacial score (nSPS) is 29.0. The number of carbonyl (C=O) groups excluding carboxylic acids is 1. The summed E-state index contributed by atoms with van der Waals surface area (Å²) in [6, 6.07) is 0. The van der Waals surface area contributed by atoms with Crippen LogP contribution in [0.15, 0.2) is 4.99 Å². The van der Waals surface area contributed by atoms with Gasteiger partial charge in [-0.05, 0) is 18.8 Å². The van der Waals surface area contributed by atoms with E-state index in [1.54, 1.807) is 0 Å². The maximum Gasteiger partial charge on any atom is 0.310 e. The van der Waals surface area contributed by atoms with Crippen molar-refractivity contribution in [2.45, 2.75) is 39.0 Å². The van der Waals surface area contributed by atoms with E-state index < -0.39 is 0 Å². The molecule has 2 atom stereocenters. The van der Waals surface area contributed by atoms with Crippen LogP contribution < -0.4 is 5.32 Å². The van der Waals surface area contributed by atoms with Crippen LogP contribution in [0.5, 0.6) is 0 Å². The first kappa shape index (κ1) is 21.4. The van der Waals surface area contributed by atoms with E-state index in [-0.39, 0.29) is 17.8 Å². The number of likely N-dealkylation sites (tertiary alicyclic amines) is 1. The molecule has 2 unspecified atom stereocenters. The fourth-order valence-corrected chi connectivity index (χ4v) is 5.12. The number of rotatable bonds is 5. The summed E-state index contributed by atoms with van der Waals surface area (Å²) in [5.74, 6) is 1.02. The molecule has 0 bridgehead atoms. The molecule has 0 spiro atoms. The number of aliphatic imine (C=N–C) groups is 1. The second kappa shape index (κ2) is 9.92. The molecular formula is C21H38N4O3. The molecule has 0 amide bonds. The Kier molecular flexibility index (Phi) is 7.57. The molecule has 28 heavy (non-hydrogen) atoms. The van der Waals surface area contributed by atoms with E-state index in [1.165, 1.54) is 39.2 Å². The summed E-state index contributed by atoms with van der Waals surface area (Å²) in [5, 5.41) is 3.68. The number of morpholine rings is 1. The number of nitrogens with one attached hydrogen (secondary N) is 1. The molecule has 1 N–H and O–H groups in total. The van der Waals surface area contributed by atoms with Gasteiger partial charge in [-0.15, -0.1) is 0 Å². The Hall–Kier alpha value is -1.34. The lowest BCUT2D eigenvalue weighted by atomic mass is 9.73. The molecule has 0 radical (unpaired) electrons. The van der Waals surface area contributed by atoms with Crippen LogP contribution in [0.3, 0.4) is 0 Å². The van der Waals surface area contributed by atoms with E-state index in [0.29, 0.717) is 12.0 Å². The first-order chi connectivity index (χ1) is 13.6. The Balaban J connectivity index is 1.60. The number of hydrogen-bond donors (Lipinski definition) is 1. The van der Waals surface area contributed by atoms with E-state index in [2.05, 4.69) is 27.0 Å². The van der Waals surface area contributed by atoms with Crippen LogP contribution in [-0.4, -0.2) is 88.4 Å². The van der Waals surface area contributed by atoms with Crippen molar-refractivity contribution in [3.05, 3.63) is 0 Å². The van der Waals surface area contributed by atoms with Gasteiger partial charge in [-0.25, -0.2) is 0 Å². The molecule has 3 rings (SSSR count). The van der Waals surface area contributed by atoms with Gasteiger partial charge in [0, 0.05) is 51.7 Å². The number of ether oxygens (including phenoxy) is 2. The van der Waals surface area contributed by atoms with Crippen molar-refractivity contribution in [1.29, 1.82) is 0 Å². The van der Waals surface area contributed by atoms with Crippen LogP contribution >= 0.6 is 0 Å². The van der Waals surface area contributed by atoms with Crippen molar-refractivity contribution in [2.75, 3.05) is 66.6 Å². The van der Waals surface area contributed by atoms with Crippen molar-refractivity contribution in [3.8, 4) is 0 Å².